The third kappa shape index (κ3) is 9.78. The summed E-state index contributed by atoms with van der Waals surface area (Å²) >= 11 is 0. The summed E-state index contributed by atoms with van der Waals surface area (Å²) in [7, 11) is 0. The van der Waals surface area contributed by atoms with Crippen molar-refractivity contribution >= 4 is 23.4 Å². The van der Waals surface area contributed by atoms with Crippen LogP contribution in [0.5, 0.6) is 0 Å². The number of carbonyl (C=O) groups excluding carboxylic acids is 3. The standard InChI is InChI=1S/C47H57N5O6/c1-33-42(30-51-25-22-47(23-26-51)46(56)50-32-52(47)41-15-5-3-6-16-41)57-45(58-44(33)37-20-18-35(31-53)19-21-37)40-14-10-13-39(28-40)38-12-9-11-36(27-38)29-49-43(55)17-7-4-8-24-48-34(2)54/h3,5-6,9-16,18-21,27-28,33,42,44-45,53H,4,7-8,17,22-26,29-32H2,1-2H3,(H,48,54)(H,49,55)(H,50,56)/t33-,42+,44+,45+/m1/s1. The van der Waals surface area contributed by atoms with Gasteiger partial charge in [0.05, 0.1) is 25.5 Å². The molecule has 11 heteroatoms. The minimum atomic E-state index is -0.616. The zero-order chi connectivity index (χ0) is 40.5. The Morgan fingerprint density at radius 3 is 2.31 bits per heavy atom. The topological polar surface area (TPSA) is 132 Å². The molecule has 0 unspecified atom stereocenters. The predicted molar refractivity (Wildman–Crippen MR) is 224 cm³/mol. The van der Waals surface area contributed by atoms with Crippen LogP contribution in [-0.4, -0.2) is 72.2 Å². The number of unbranched alkanes of at least 4 members (excludes halogenated alkanes) is 2. The first-order valence-corrected chi connectivity index (χ1v) is 20.8. The van der Waals surface area contributed by atoms with Gasteiger partial charge in [-0.15, -0.1) is 0 Å². The molecule has 0 saturated carbocycles. The van der Waals surface area contributed by atoms with E-state index in [1.165, 1.54) is 6.92 Å². The number of rotatable bonds is 15. The zero-order valence-corrected chi connectivity index (χ0v) is 33.7. The van der Waals surface area contributed by atoms with Crippen molar-refractivity contribution in [3.63, 3.8) is 0 Å². The summed E-state index contributed by atoms with van der Waals surface area (Å²) in [4.78, 5) is 41.6. The van der Waals surface area contributed by atoms with E-state index in [2.05, 4.69) is 75.1 Å². The Balaban J connectivity index is 1.03. The highest BCUT2D eigenvalue weighted by Crippen LogP contribution is 2.43. The van der Waals surface area contributed by atoms with Gasteiger partial charge >= 0.3 is 0 Å². The first-order chi connectivity index (χ1) is 28.2. The van der Waals surface area contributed by atoms with Crippen LogP contribution in [0.25, 0.3) is 11.1 Å². The molecule has 1 spiro atoms. The van der Waals surface area contributed by atoms with Crippen molar-refractivity contribution in [3.8, 4) is 11.1 Å². The lowest BCUT2D eigenvalue weighted by Crippen LogP contribution is -2.57. The second-order valence-corrected chi connectivity index (χ2v) is 16.0. The van der Waals surface area contributed by atoms with E-state index >= 15 is 0 Å². The molecule has 3 fully saturated rings. The van der Waals surface area contributed by atoms with Gasteiger partial charge in [-0.2, -0.15) is 0 Å². The maximum atomic E-state index is 13.4. The number of hydrogen-bond acceptors (Lipinski definition) is 8. The highest BCUT2D eigenvalue weighted by molar-refractivity contribution is 5.93. The van der Waals surface area contributed by atoms with Crippen molar-refractivity contribution in [2.75, 3.05) is 37.7 Å². The minimum Gasteiger partial charge on any atom is -0.392 e. The zero-order valence-electron chi connectivity index (χ0n) is 33.7. The molecule has 4 atom stereocenters. The number of para-hydroxylation sites is 1. The van der Waals surface area contributed by atoms with Crippen LogP contribution in [0.15, 0.2) is 103 Å². The van der Waals surface area contributed by atoms with Gasteiger partial charge in [0.2, 0.25) is 17.7 Å². The van der Waals surface area contributed by atoms with Crippen LogP contribution < -0.4 is 20.9 Å². The van der Waals surface area contributed by atoms with Crippen molar-refractivity contribution in [2.45, 2.75) is 89.6 Å². The summed E-state index contributed by atoms with van der Waals surface area (Å²) in [6.45, 7) is 7.53. The molecule has 0 aliphatic carbocycles. The average molecular weight is 788 g/mol. The normalized spacial score (nSPS) is 21.8. The van der Waals surface area contributed by atoms with Crippen molar-refractivity contribution < 1.29 is 29.0 Å². The molecule has 3 saturated heterocycles. The molecule has 0 bridgehead atoms. The SMILES string of the molecule is CC(=O)NCCCCCC(=O)NCc1cccc(-c2cccc([C@H]3O[C@@H](CN4CCC5(CC4)C(=O)NCN5c4ccccc4)[C@@H](C)[C@@H](c4ccc(CO)cc4)O3)c2)c1. The predicted octanol–water partition coefficient (Wildman–Crippen LogP) is 6.38. The van der Waals surface area contributed by atoms with Crippen molar-refractivity contribution in [2.24, 2.45) is 5.92 Å². The molecule has 11 nitrogen and oxygen atoms in total. The number of anilines is 1. The van der Waals surface area contributed by atoms with E-state index in [4.69, 9.17) is 9.47 Å². The average Bonchev–Trinajstić information content (AvgIpc) is 3.57. The minimum absolute atomic E-state index is 0.0186. The summed E-state index contributed by atoms with van der Waals surface area (Å²) < 4.78 is 13.7. The fraction of sp³-hybridized carbons (Fsp3) is 0.426. The number of likely N-dealkylation sites (tertiary alicyclic amines) is 1. The third-order valence-electron chi connectivity index (χ3n) is 12.0. The Kier molecular flexibility index (Phi) is 13.6. The van der Waals surface area contributed by atoms with Gasteiger partial charge in [-0.25, -0.2) is 0 Å². The highest BCUT2D eigenvalue weighted by atomic mass is 16.7. The summed E-state index contributed by atoms with van der Waals surface area (Å²) in [6.07, 6.45) is 3.44. The first-order valence-electron chi connectivity index (χ1n) is 20.8. The number of benzene rings is 4. The Hall–Kier alpha value is -5.07. The molecule has 4 aromatic carbocycles. The van der Waals surface area contributed by atoms with Gasteiger partial charge in [0.25, 0.3) is 0 Å². The van der Waals surface area contributed by atoms with E-state index in [-0.39, 0.29) is 42.5 Å². The Labute approximate surface area is 342 Å². The largest absolute Gasteiger partial charge is 0.392 e. The van der Waals surface area contributed by atoms with E-state index in [0.29, 0.717) is 32.7 Å². The number of nitrogens with one attached hydrogen (secondary N) is 3. The number of aliphatic hydroxyl groups is 1. The fourth-order valence-electron chi connectivity index (χ4n) is 8.59. The van der Waals surface area contributed by atoms with Crippen LogP contribution in [0.3, 0.4) is 0 Å². The fourth-order valence-corrected chi connectivity index (χ4v) is 8.59. The van der Waals surface area contributed by atoms with Gasteiger partial charge in [0, 0.05) is 63.2 Å². The lowest BCUT2D eigenvalue weighted by Gasteiger charge is -2.46. The van der Waals surface area contributed by atoms with Crippen LogP contribution in [-0.2, 0) is 37.0 Å². The molecule has 3 amide bonds. The molecule has 58 heavy (non-hydrogen) atoms. The van der Waals surface area contributed by atoms with Gasteiger partial charge in [-0.3, -0.25) is 14.4 Å². The number of piperidine rings is 1. The lowest BCUT2D eigenvalue weighted by atomic mass is 9.84. The van der Waals surface area contributed by atoms with Crippen LogP contribution in [0.4, 0.5) is 5.69 Å². The van der Waals surface area contributed by atoms with Gasteiger partial charge < -0.3 is 40.3 Å². The van der Waals surface area contributed by atoms with Gasteiger partial charge in [0.15, 0.2) is 6.29 Å². The van der Waals surface area contributed by atoms with Crippen molar-refractivity contribution in [3.05, 3.63) is 125 Å². The first kappa shape index (κ1) is 41.1. The number of hydrogen-bond donors (Lipinski definition) is 4. The monoisotopic (exact) mass is 787 g/mol. The number of ether oxygens (including phenoxy) is 2. The van der Waals surface area contributed by atoms with E-state index in [1.807, 2.05) is 60.7 Å². The molecule has 7 rings (SSSR count). The second kappa shape index (κ2) is 19.1. The maximum Gasteiger partial charge on any atom is 0.247 e. The molecule has 0 radical (unpaired) electrons. The second-order valence-electron chi connectivity index (χ2n) is 16.0. The molecule has 3 aliphatic rings. The number of nitrogens with zero attached hydrogens (tertiary/aromatic N) is 2. The van der Waals surface area contributed by atoms with E-state index in [0.717, 1.165) is 84.3 Å². The molecule has 0 aromatic heterocycles. The van der Waals surface area contributed by atoms with E-state index in [9.17, 15) is 19.5 Å². The smallest absolute Gasteiger partial charge is 0.247 e. The summed E-state index contributed by atoms with van der Waals surface area (Å²) in [6, 6.07) is 34.7. The van der Waals surface area contributed by atoms with Crippen LogP contribution >= 0.6 is 0 Å². The van der Waals surface area contributed by atoms with Gasteiger partial charge in [-0.05, 0) is 77.8 Å². The highest BCUT2D eigenvalue weighted by Gasteiger charge is 2.51. The summed E-state index contributed by atoms with van der Waals surface area (Å²) in [5.74, 6) is 0.125. The van der Waals surface area contributed by atoms with E-state index < -0.39 is 11.8 Å². The maximum absolute atomic E-state index is 13.4. The number of aliphatic hydroxyl groups excluding tert-OH is 1. The molecule has 4 aromatic rings. The van der Waals surface area contributed by atoms with Crippen LogP contribution in [0.2, 0.25) is 0 Å². The molecule has 306 valence electrons. The van der Waals surface area contributed by atoms with Crippen molar-refractivity contribution in [1.29, 1.82) is 0 Å². The Morgan fingerprint density at radius 1 is 0.828 bits per heavy atom. The quantitative estimate of drug-likeness (QED) is 0.102. The molecule has 3 aliphatic heterocycles. The molecular weight excluding hydrogens is 731 g/mol. The molecule has 3 heterocycles. The lowest BCUT2D eigenvalue weighted by molar-refractivity contribution is -0.276. The summed E-state index contributed by atoms with van der Waals surface area (Å²) in [5, 5.41) is 18.7. The number of carbonyl (C=O) groups is 3. The Bertz CT molecular complexity index is 2000. The van der Waals surface area contributed by atoms with Gasteiger partial charge in [-0.1, -0.05) is 92.2 Å². The van der Waals surface area contributed by atoms with Crippen LogP contribution in [0.1, 0.15) is 87.0 Å². The third-order valence-corrected chi connectivity index (χ3v) is 12.0. The van der Waals surface area contributed by atoms with E-state index in [1.54, 1.807) is 0 Å². The van der Waals surface area contributed by atoms with Crippen molar-refractivity contribution in [1.82, 2.24) is 20.9 Å². The summed E-state index contributed by atoms with van der Waals surface area (Å²) in [5.41, 5.74) is 6.38. The Morgan fingerprint density at radius 2 is 1.57 bits per heavy atom. The molecule has 4 N–H and O–H groups in total. The number of amides is 3. The van der Waals surface area contributed by atoms with Gasteiger partial charge in [0.1, 0.15) is 5.54 Å². The van der Waals surface area contributed by atoms with Crippen LogP contribution in [0, 0.1) is 5.92 Å². The molecular formula is C47H57N5O6.